The average Bonchev–Trinajstić information content (AvgIpc) is 2.77. The van der Waals surface area contributed by atoms with Crippen molar-refractivity contribution in [3.63, 3.8) is 0 Å². The molecule has 4 nitrogen and oxygen atoms in total. The predicted octanol–water partition coefficient (Wildman–Crippen LogP) is 3.20. The molecule has 20 heavy (non-hydrogen) atoms. The average molecular weight is 287 g/mol. The quantitative estimate of drug-likeness (QED) is 0.942. The van der Waals surface area contributed by atoms with Crippen molar-refractivity contribution in [1.29, 1.82) is 0 Å². The highest BCUT2D eigenvalue weighted by Crippen LogP contribution is 2.34. The zero-order valence-corrected chi connectivity index (χ0v) is 11.6. The van der Waals surface area contributed by atoms with Crippen LogP contribution in [0.4, 0.5) is 11.4 Å². The van der Waals surface area contributed by atoms with Crippen LogP contribution in [0.15, 0.2) is 52.8 Å². The summed E-state index contributed by atoms with van der Waals surface area (Å²) >= 11 is 0. The molecule has 0 spiro atoms. The summed E-state index contributed by atoms with van der Waals surface area (Å²) in [5.41, 5.74) is 2.10. The molecule has 0 atom stereocenters. The minimum Gasteiger partial charge on any atom is -0.497 e. The van der Waals surface area contributed by atoms with Gasteiger partial charge in [-0.2, -0.15) is 0 Å². The number of anilines is 2. The van der Waals surface area contributed by atoms with Gasteiger partial charge in [0.15, 0.2) is 0 Å². The van der Waals surface area contributed by atoms with Crippen LogP contribution in [0.1, 0.15) is 5.56 Å². The lowest BCUT2D eigenvalue weighted by Gasteiger charge is -2.11. The minimum absolute atomic E-state index is 0.329. The number of benzene rings is 2. The molecule has 0 aliphatic carbocycles. The summed E-state index contributed by atoms with van der Waals surface area (Å²) in [6.07, 6.45) is 1.61. The normalized spacial score (nSPS) is 14.8. The molecule has 2 aromatic rings. The first-order chi connectivity index (χ1) is 9.60. The number of hydrogen-bond acceptors (Lipinski definition) is 4. The van der Waals surface area contributed by atoms with Gasteiger partial charge < -0.3 is 10.1 Å². The standard InChI is InChI=1S/C15H13NO3S/c1-19-13-7-5-12(6-8-13)16-14-4-2-3-11-9-10-20(17,18)15(11)14/h2-10,16H,1H3. The van der Waals surface area contributed by atoms with Crippen molar-refractivity contribution in [2.24, 2.45) is 0 Å². The smallest absolute Gasteiger partial charge is 0.202 e. The van der Waals surface area contributed by atoms with Crippen molar-refractivity contribution in [3.05, 3.63) is 53.4 Å². The van der Waals surface area contributed by atoms with E-state index in [-0.39, 0.29) is 0 Å². The van der Waals surface area contributed by atoms with Crippen molar-refractivity contribution in [1.82, 2.24) is 0 Å². The molecular formula is C15H13NO3S. The second-order valence-electron chi connectivity index (χ2n) is 4.43. The number of sulfone groups is 1. The monoisotopic (exact) mass is 287 g/mol. The van der Waals surface area contributed by atoms with E-state index in [1.165, 1.54) is 5.41 Å². The SMILES string of the molecule is COc1ccc(Nc2cccc3c2S(=O)(=O)C=C3)cc1. The van der Waals surface area contributed by atoms with Crippen LogP contribution < -0.4 is 10.1 Å². The molecule has 0 saturated heterocycles. The van der Waals surface area contributed by atoms with Gasteiger partial charge in [0.25, 0.3) is 0 Å². The lowest BCUT2D eigenvalue weighted by Crippen LogP contribution is -2.00. The summed E-state index contributed by atoms with van der Waals surface area (Å²) < 4.78 is 29.1. The van der Waals surface area contributed by atoms with Crippen molar-refractivity contribution in [2.45, 2.75) is 4.90 Å². The third-order valence-electron chi connectivity index (χ3n) is 3.13. The first-order valence-corrected chi connectivity index (χ1v) is 7.62. The van der Waals surface area contributed by atoms with Crippen LogP contribution in [0.3, 0.4) is 0 Å². The van der Waals surface area contributed by atoms with Crippen LogP contribution in [-0.4, -0.2) is 15.5 Å². The Labute approximate surface area is 117 Å². The first kappa shape index (κ1) is 12.7. The van der Waals surface area contributed by atoms with E-state index in [0.29, 0.717) is 16.1 Å². The molecule has 0 saturated carbocycles. The van der Waals surface area contributed by atoms with Crippen LogP contribution in [0.2, 0.25) is 0 Å². The maximum Gasteiger partial charge on any atom is 0.202 e. The van der Waals surface area contributed by atoms with E-state index in [1.54, 1.807) is 25.3 Å². The highest BCUT2D eigenvalue weighted by atomic mass is 32.2. The van der Waals surface area contributed by atoms with Crippen molar-refractivity contribution in [2.75, 3.05) is 12.4 Å². The van der Waals surface area contributed by atoms with Gasteiger partial charge in [0.1, 0.15) is 10.6 Å². The Morgan fingerprint density at radius 1 is 1.05 bits per heavy atom. The second-order valence-corrected chi connectivity index (χ2v) is 6.20. The zero-order chi connectivity index (χ0) is 14.2. The largest absolute Gasteiger partial charge is 0.497 e. The number of rotatable bonds is 3. The third-order valence-corrected chi connectivity index (χ3v) is 4.64. The Kier molecular flexibility index (Phi) is 2.99. The maximum absolute atomic E-state index is 12.0. The van der Waals surface area contributed by atoms with E-state index in [2.05, 4.69) is 5.32 Å². The third kappa shape index (κ3) is 2.16. The van der Waals surface area contributed by atoms with E-state index < -0.39 is 9.84 Å². The summed E-state index contributed by atoms with van der Waals surface area (Å²) in [6.45, 7) is 0. The molecular weight excluding hydrogens is 274 g/mol. The number of nitrogens with one attached hydrogen (secondary N) is 1. The lowest BCUT2D eigenvalue weighted by atomic mass is 10.2. The molecule has 102 valence electrons. The van der Waals surface area contributed by atoms with Gasteiger partial charge in [-0.25, -0.2) is 8.42 Å². The van der Waals surface area contributed by atoms with Gasteiger partial charge in [0.05, 0.1) is 12.8 Å². The topological polar surface area (TPSA) is 55.4 Å². The van der Waals surface area contributed by atoms with E-state index in [0.717, 1.165) is 11.4 Å². The van der Waals surface area contributed by atoms with Crippen LogP contribution >= 0.6 is 0 Å². The van der Waals surface area contributed by atoms with E-state index in [4.69, 9.17) is 4.74 Å². The van der Waals surface area contributed by atoms with Crippen LogP contribution in [-0.2, 0) is 9.84 Å². The van der Waals surface area contributed by atoms with Gasteiger partial charge in [-0.15, -0.1) is 0 Å². The van der Waals surface area contributed by atoms with E-state index >= 15 is 0 Å². The van der Waals surface area contributed by atoms with Gasteiger partial charge >= 0.3 is 0 Å². The second kappa shape index (κ2) is 4.68. The molecule has 3 rings (SSSR count). The number of hydrogen-bond donors (Lipinski definition) is 1. The molecule has 0 amide bonds. The lowest BCUT2D eigenvalue weighted by molar-refractivity contribution is 0.415. The van der Waals surface area contributed by atoms with Crippen molar-refractivity contribution < 1.29 is 13.2 Å². The molecule has 5 heteroatoms. The molecule has 0 aromatic heterocycles. The molecule has 1 aliphatic heterocycles. The molecule has 1 aliphatic rings. The summed E-state index contributed by atoms with van der Waals surface area (Å²) in [5.74, 6) is 0.753. The summed E-state index contributed by atoms with van der Waals surface area (Å²) in [6, 6.07) is 12.7. The Balaban J connectivity index is 1.99. The van der Waals surface area contributed by atoms with Gasteiger partial charge in [0.2, 0.25) is 9.84 Å². The Hall–Kier alpha value is -2.27. The number of methoxy groups -OCH3 is 1. The number of ether oxygens (including phenoxy) is 1. The Morgan fingerprint density at radius 3 is 2.50 bits per heavy atom. The summed E-state index contributed by atoms with van der Waals surface area (Å²) in [7, 11) is -1.73. The summed E-state index contributed by atoms with van der Waals surface area (Å²) in [4.78, 5) is 0.329. The predicted molar refractivity (Wildman–Crippen MR) is 78.9 cm³/mol. The fourth-order valence-electron chi connectivity index (χ4n) is 2.16. The van der Waals surface area contributed by atoms with Crippen molar-refractivity contribution in [3.8, 4) is 5.75 Å². The minimum atomic E-state index is -3.34. The molecule has 0 radical (unpaired) electrons. The van der Waals surface area contributed by atoms with Gasteiger partial charge in [0, 0.05) is 11.1 Å². The van der Waals surface area contributed by atoms with E-state index in [9.17, 15) is 8.42 Å². The molecule has 1 N–H and O–H groups in total. The molecule has 0 fully saturated rings. The first-order valence-electron chi connectivity index (χ1n) is 6.07. The highest BCUT2D eigenvalue weighted by molar-refractivity contribution is 7.95. The fourth-order valence-corrected chi connectivity index (χ4v) is 3.51. The molecule has 1 heterocycles. The maximum atomic E-state index is 12.0. The molecule has 2 aromatic carbocycles. The molecule has 0 unspecified atom stereocenters. The van der Waals surface area contributed by atoms with E-state index in [1.807, 2.05) is 30.3 Å². The van der Waals surface area contributed by atoms with Crippen LogP contribution in [0.5, 0.6) is 5.75 Å². The van der Waals surface area contributed by atoms with Gasteiger partial charge in [-0.05, 0) is 42.0 Å². The van der Waals surface area contributed by atoms with Gasteiger partial charge in [-0.1, -0.05) is 12.1 Å². The van der Waals surface area contributed by atoms with Crippen LogP contribution in [0, 0.1) is 0 Å². The number of fused-ring (bicyclic) bond motifs is 1. The summed E-state index contributed by atoms with van der Waals surface area (Å²) in [5, 5.41) is 4.37. The van der Waals surface area contributed by atoms with Gasteiger partial charge in [-0.3, -0.25) is 0 Å². The Morgan fingerprint density at radius 2 is 1.80 bits per heavy atom. The van der Waals surface area contributed by atoms with Crippen molar-refractivity contribution >= 4 is 27.3 Å². The highest BCUT2D eigenvalue weighted by Gasteiger charge is 2.24. The molecule has 0 bridgehead atoms. The zero-order valence-electron chi connectivity index (χ0n) is 10.8. The Bertz CT molecular complexity index is 777. The van der Waals surface area contributed by atoms with Crippen LogP contribution in [0.25, 0.3) is 6.08 Å². The fraction of sp³-hybridized carbons (Fsp3) is 0.0667.